The Kier molecular flexibility index (Phi) is 5.13. The van der Waals surface area contributed by atoms with E-state index in [2.05, 4.69) is 16.0 Å². The molecule has 0 radical (unpaired) electrons. The first-order chi connectivity index (χ1) is 10.8. The van der Waals surface area contributed by atoms with Crippen LogP contribution in [0.4, 0.5) is 5.69 Å². The zero-order chi connectivity index (χ0) is 15.4. The average molecular weight is 321 g/mol. The Morgan fingerprint density at radius 3 is 2.82 bits per heavy atom. The second-order valence-corrected chi connectivity index (χ2v) is 5.98. The topological polar surface area (TPSA) is 34.6 Å². The predicted octanol–water partition coefficient (Wildman–Crippen LogP) is 3.52. The molecule has 5 heteroatoms. The van der Waals surface area contributed by atoms with Gasteiger partial charge in [-0.05, 0) is 37.1 Å². The van der Waals surface area contributed by atoms with Crippen LogP contribution in [0, 0.1) is 0 Å². The van der Waals surface area contributed by atoms with Gasteiger partial charge in [-0.3, -0.25) is 4.98 Å². The van der Waals surface area contributed by atoms with Crippen LogP contribution < -0.4 is 4.90 Å². The zero-order valence-corrected chi connectivity index (χ0v) is 13.6. The summed E-state index contributed by atoms with van der Waals surface area (Å²) >= 11 is 6.15. The van der Waals surface area contributed by atoms with Crippen LogP contribution in [0.1, 0.15) is 12.8 Å². The second-order valence-electron chi connectivity index (χ2n) is 5.54. The summed E-state index contributed by atoms with van der Waals surface area (Å²) in [5, 5.41) is 1.87. The minimum Gasteiger partial charge on any atom is -0.382 e. The van der Waals surface area contributed by atoms with Crippen molar-refractivity contribution in [1.29, 1.82) is 0 Å². The lowest BCUT2D eigenvalue weighted by Crippen LogP contribution is -2.37. The number of nitrogens with zero attached hydrogens (tertiary/aromatic N) is 2. The summed E-state index contributed by atoms with van der Waals surface area (Å²) in [6, 6.07) is 7.93. The van der Waals surface area contributed by atoms with Crippen LogP contribution in [0.5, 0.6) is 0 Å². The van der Waals surface area contributed by atoms with Crippen molar-refractivity contribution in [1.82, 2.24) is 4.98 Å². The molecule has 0 unspecified atom stereocenters. The maximum Gasteiger partial charge on any atom is 0.0723 e. The number of anilines is 1. The number of methoxy groups -OCH3 is 1. The van der Waals surface area contributed by atoms with Crippen molar-refractivity contribution >= 4 is 28.2 Å². The SMILES string of the molecule is COCCOC1CCN(c2ccnc3ccc(Cl)cc23)CC1. The third-order valence-corrected chi connectivity index (χ3v) is 4.34. The Labute approximate surface area is 136 Å². The molecule has 22 heavy (non-hydrogen) atoms. The number of aromatic nitrogens is 1. The molecule has 1 aliphatic heterocycles. The summed E-state index contributed by atoms with van der Waals surface area (Å²) in [5.74, 6) is 0. The van der Waals surface area contributed by atoms with Gasteiger partial charge < -0.3 is 14.4 Å². The number of ether oxygens (including phenoxy) is 2. The van der Waals surface area contributed by atoms with Crippen LogP contribution in [0.3, 0.4) is 0 Å². The van der Waals surface area contributed by atoms with Gasteiger partial charge in [0.1, 0.15) is 0 Å². The number of benzene rings is 1. The summed E-state index contributed by atoms with van der Waals surface area (Å²) in [6.07, 6.45) is 4.28. The first-order valence-corrected chi connectivity index (χ1v) is 8.05. The Balaban J connectivity index is 1.70. The van der Waals surface area contributed by atoms with Crippen molar-refractivity contribution in [3.63, 3.8) is 0 Å². The molecule has 4 nitrogen and oxygen atoms in total. The lowest BCUT2D eigenvalue weighted by molar-refractivity contribution is 0.00612. The van der Waals surface area contributed by atoms with E-state index in [0.29, 0.717) is 19.3 Å². The molecule has 1 aromatic carbocycles. The molecule has 1 aromatic heterocycles. The van der Waals surface area contributed by atoms with Gasteiger partial charge in [-0.25, -0.2) is 0 Å². The molecule has 0 N–H and O–H groups in total. The van der Waals surface area contributed by atoms with Crippen molar-refractivity contribution in [3.8, 4) is 0 Å². The van der Waals surface area contributed by atoms with E-state index >= 15 is 0 Å². The van der Waals surface area contributed by atoms with Crippen LogP contribution in [0.25, 0.3) is 10.9 Å². The molecule has 3 rings (SSSR count). The highest BCUT2D eigenvalue weighted by Gasteiger charge is 2.21. The third kappa shape index (κ3) is 3.51. The van der Waals surface area contributed by atoms with Gasteiger partial charge in [0.15, 0.2) is 0 Å². The van der Waals surface area contributed by atoms with Crippen LogP contribution in [-0.2, 0) is 9.47 Å². The Hall–Kier alpha value is -1.36. The van der Waals surface area contributed by atoms with Gasteiger partial charge in [-0.1, -0.05) is 11.6 Å². The minimum atomic E-state index is 0.336. The van der Waals surface area contributed by atoms with E-state index in [0.717, 1.165) is 41.9 Å². The van der Waals surface area contributed by atoms with Crippen LogP contribution in [-0.4, -0.2) is 44.5 Å². The quantitative estimate of drug-likeness (QED) is 0.790. The molecule has 1 aliphatic rings. The largest absolute Gasteiger partial charge is 0.382 e. The molecule has 118 valence electrons. The van der Waals surface area contributed by atoms with Crippen LogP contribution in [0.2, 0.25) is 5.02 Å². The van der Waals surface area contributed by atoms with E-state index in [9.17, 15) is 0 Å². The lowest BCUT2D eigenvalue weighted by atomic mass is 10.1. The number of hydrogen-bond acceptors (Lipinski definition) is 4. The van der Waals surface area contributed by atoms with Crippen molar-refractivity contribution in [2.45, 2.75) is 18.9 Å². The predicted molar refractivity (Wildman–Crippen MR) is 89.8 cm³/mol. The fourth-order valence-electron chi connectivity index (χ4n) is 2.94. The van der Waals surface area contributed by atoms with Gasteiger partial charge in [0.25, 0.3) is 0 Å². The first-order valence-electron chi connectivity index (χ1n) is 7.67. The van der Waals surface area contributed by atoms with Gasteiger partial charge in [-0.15, -0.1) is 0 Å². The van der Waals surface area contributed by atoms with E-state index in [4.69, 9.17) is 21.1 Å². The van der Waals surface area contributed by atoms with E-state index in [1.165, 1.54) is 5.69 Å². The molecule has 2 aromatic rings. The average Bonchev–Trinajstić information content (AvgIpc) is 2.55. The van der Waals surface area contributed by atoms with E-state index in [1.54, 1.807) is 7.11 Å². The second kappa shape index (κ2) is 7.27. The summed E-state index contributed by atoms with van der Waals surface area (Å²) in [6.45, 7) is 3.31. The summed E-state index contributed by atoms with van der Waals surface area (Å²) in [7, 11) is 1.70. The Bertz CT molecular complexity index is 627. The highest BCUT2D eigenvalue weighted by atomic mass is 35.5. The molecular weight excluding hydrogens is 300 g/mol. The molecule has 0 atom stereocenters. The smallest absolute Gasteiger partial charge is 0.0723 e. The zero-order valence-electron chi connectivity index (χ0n) is 12.8. The van der Waals surface area contributed by atoms with Gasteiger partial charge in [0.2, 0.25) is 0 Å². The minimum absolute atomic E-state index is 0.336. The van der Waals surface area contributed by atoms with Crippen molar-refractivity contribution in [2.75, 3.05) is 38.3 Å². The number of halogens is 1. The van der Waals surface area contributed by atoms with Gasteiger partial charge in [0, 0.05) is 42.5 Å². The van der Waals surface area contributed by atoms with Gasteiger partial charge >= 0.3 is 0 Å². The highest BCUT2D eigenvalue weighted by Crippen LogP contribution is 2.30. The van der Waals surface area contributed by atoms with Crippen LogP contribution >= 0.6 is 11.6 Å². The first kappa shape index (κ1) is 15.5. The summed E-state index contributed by atoms with van der Waals surface area (Å²) < 4.78 is 10.9. The molecule has 0 aliphatic carbocycles. The lowest BCUT2D eigenvalue weighted by Gasteiger charge is -2.34. The summed E-state index contributed by atoms with van der Waals surface area (Å²) in [5.41, 5.74) is 2.20. The normalized spacial score (nSPS) is 16.4. The molecule has 0 amide bonds. The Morgan fingerprint density at radius 2 is 2.05 bits per heavy atom. The van der Waals surface area contributed by atoms with Gasteiger partial charge in [-0.2, -0.15) is 0 Å². The fourth-order valence-corrected chi connectivity index (χ4v) is 3.11. The van der Waals surface area contributed by atoms with Crippen molar-refractivity contribution in [3.05, 3.63) is 35.5 Å². The number of pyridine rings is 1. The van der Waals surface area contributed by atoms with Crippen LogP contribution in [0.15, 0.2) is 30.5 Å². The molecular formula is C17H21ClN2O2. The molecule has 1 fully saturated rings. The maximum absolute atomic E-state index is 6.15. The van der Waals surface area contributed by atoms with E-state index in [1.807, 2.05) is 24.4 Å². The molecule has 2 heterocycles. The van der Waals surface area contributed by atoms with Gasteiger partial charge in [0.05, 0.1) is 24.8 Å². The monoisotopic (exact) mass is 320 g/mol. The molecule has 0 bridgehead atoms. The maximum atomic E-state index is 6.15. The molecule has 1 saturated heterocycles. The van der Waals surface area contributed by atoms with Crippen molar-refractivity contribution in [2.24, 2.45) is 0 Å². The standard InChI is InChI=1S/C17H21ClN2O2/c1-21-10-11-22-14-5-8-20(9-6-14)17-4-7-19-16-3-2-13(18)12-15(16)17/h2-4,7,12,14H,5-6,8-11H2,1H3. The number of rotatable bonds is 5. The fraction of sp³-hybridized carbons (Fsp3) is 0.471. The van der Waals surface area contributed by atoms with E-state index in [-0.39, 0.29) is 0 Å². The highest BCUT2D eigenvalue weighted by molar-refractivity contribution is 6.31. The molecule has 0 saturated carbocycles. The van der Waals surface area contributed by atoms with Crippen molar-refractivity contribution < 1.29 is 9.47 Å². The third-order valence-electron chi connectivity index (χ3n) is 4.10. The van der Waals surface area contributed by atoms with E-state index < -0.39 is 0 Å². The molecule has 0 spiro atoms. The summed E-state index contributed by atoms with van der Waals surface area (Å²) in [4.78, 5) is 6.82. The number of fused-ring (bicyclic) bond motifs is 1. The number of hydrogen-bond donors (Lipinski definition) is 0. The Morgan fingerprint density at radius 1 is 1.23 bits per heavy atom. The number of piperidine rings is 1.